The Labute approximate surface area is 133 Å². The van der Waals surface area contributed by atoms with Crippen molar-refractivity contribution in [2.45, 2.75) is 33.1 Å². The monoisotopic (exact) mass is 310 g/mol. The number of amides is 1. The number of Topliss-reactive ketones (excluding diaryl/α,β-unsaturated/α-hetero) is 1. The molecule has 5 heteroatoms. The van der Waals surface area contributed by atoms with E-state index < -0.39 is 11.5 Å². The fourth-order valence-corrected chi connectivity index (χ4v) is 2.82. The number of carbonyl (C=O) groups excluding carboxylic acids is 2. The molecule has 5 nitrogen and oxygen atoms in total. The Morgan fingerprint density at radius 2 is 1.96 bits per heavy atom. The summed E-state index contributed by atoms with van der Waals surface area (Å²) in [4.78, 5) is 39.3. The number of rotatable bonds is 2. The maximum Gasteiger partial charge on any atom is 0.261 e. The van der Waals surface area contributed by atoms with E-state index in [2.05, 4.69) is 10.3 Å². The van der Waals surface area contributed by atoms with Crippen molar-refractivity contribution in [1.82, 2.24) is 4.98 Å². The van der Waals surface area contributed by atoms with Gasteiger partial charge in [-0.3, -0.25) is 14.4 Å². The minimum atomic E-state index is -0.499. The third-order valence-electron chi connectivity index (χ3n) is 4.35. The van der Waals surface area contributed by atoms with Crippen molar-refractivity contribution in [3.8, 4) is 0 Å². The lowest BCUT2D eigenvalue weighted by atomic mass is 9.93. The summed E-state index contributed by atoms with van der Waals surface area (Å²) >= 11 is 0. The van der Waals surface area contributed by atoms with Gasteiger partial charge in [-0.25, -0.2) is 0 Å². The molecule has 0 spiro atoms. The third kappa shape index (κ3) is 2.82. The van der Waals surface area contributed by atoms with Gasteiger partial charge in [0.2, 0.25) is 0 Å². The lowest BCUT2D eigenvalue weighted by Crippen LogP contribution is -2.27. The molecule has 0 atom stereocenters. The Hall–Kier alpha value is -2.69. The molecule has 1 amide bonds. The lowest BCUT2D eigenvalue weighted by molar-refractivity contribution is 0.0971. The molecule has 1 aromatic carbocycles. The van der Waals surface area contributed by atoms with E-state index in [-0.39, 0.29) is 11.3 Å². The second-order valence-corrected chi connectivity index (χ2v) is 5.88. The van der Waals surface area contributed by atoms with Gasteiger partial charge in [0, 0.05) is 23.4 Å². The molecule has 0 unspecified atom stereocenters. The summed E-state index contributed by atoms with van der Waals surface area (Å²) < 4.78 is 0. The van der Waals surface area contributed by atoms with Crippen LogP contribution >= 0.6 is 0 Å². The first-order valence-electron chi connectivity index (χ1n) is 7.64. The zero-order valence-corrected chi connectivity index (χ0v) is 13.2. The average molecular weight is 310 g/mol. The fraction of sp³-hybridized carbons (Fsp3) is 0.278. The van der Waals surface area contributed by atoms with E-state index in [1.165, 1.54) is 6.07 Å². The number of aromatic amines is 1. The standard InChI is InChI=1S/C18H18N2O3/c1-10-5-3-6-14(11(10)2)19-17(22)13-9-12-15(20-18(13)23)7-4-8-16(12)21/h3,5-6,9H,4,7-8H2,1-2H3,(H,19,22)(H,20,23). The zero-order chi connectivity index (χ0) is 16.6. The predicted molar refractivity (Wildman–Crippen MR) is 88.2 cm³/mol. The van der Waals surface area contributed by atoms with Crippen molar-refractivity contribution in [1.29, 1.82) is 0 Å². The van der Waals surface area contributed by atoms with E-state index in [0.29, 0.717) is 29.8 Å². The Balaban J connectivity index is 1.97. The van der Waals surface area contributed by atoms with Crippen LogP contribution in [0.25, 0.3) is 0 Å². The number of hydrogen-bond acceptors (Lipinski definition) is 3. The van der Waals surface area contributed by atoms with Crippen LogP contribution in [0.3, 0.4) is 0 Å². The minimum absolute atomic E-state index is 0.0247. The van der Waals surface area contributed by atoms with Crippen LogP contribution in [0.4, 0.5) is 5.69 Å². The number of hydrogen-bond donors (Lipinski definition) is 2. The fourth-order valence-electron chi connectivity index (χ4n) is 2.82. The van der Waals surface area contributed by atoms with E-state index in [1.54, 1.807) is 6.07 Å². The number of carbonyl (C=O) groups is 2. The van der Waals surface area contributed by atoms with Crippen molar-refractivity contribution in [3.05, 3.63) is 62.6 Å². The van der Waals surface area contributed by atoms with Gasteiger partial charge in [0.25, 0.3) is 11.5 Å². The first kappa shape index (κ1) is 15.2. The summed E-state index contributed by atoms with van der Waals surface area (Å²) in [6.07, 6.45) is 1.85. The molecule has 0 bridgehead atoms. The van der Waals surface area contributed by atoms with Gasteiger partial charge < -0.3 is 10.3 Å². The minimum Gasteiger partial charge on any atom is -0.325 e. The molecular weight excluding hydrogens is 292 g/mol. The number of pyridine rings is 1. The predicted octanol–water partition coefficient (Wildman–Crippen LogP) is 2.76. The second-order valence-electron chi connectivity index (χ2n) is 5.88. The van der Waals surface area contributed by atoms with Gasteiger partial charge in [-0.1, -0.05) is 12.1 Å². The molecule has 0 radical (unpaired) electrons. The highest BCUT2D eigenvalue weighted by Gasteiger charge is 2.22. The van der Waals surface area contributed by atoms with E-state index in [1.807, 2.05) is 26.0 Å². The summed E-state index contributed by atoms with van der Waals surface area (Å²) in [5.41, 5.74) is 3.28. The van der Waals surface area contributed by atoms with Gasteiger partial charge in [0.05, 0.1) is 0 Å². The first-order chi connectivity index (χ1) is 11.0. The van der Waals surface area contributed by atoms with Crippen LogP contribution in [0.5, 0.6) is 0 Å². The van der Waals surface area contributed by atoms with Crippen LogP contribution in [-0.2, 0) is 6.42 Å². The molecule has 1 heterocycles. The summed E-state index contributed by atoms with van der Waals surface area (Å²) in [7, 11) is 0. The molecule has 1 aliphatic carbocycles. The number of H-pyrrole nitrogens is 1. The van der Waals surface area contributed by atoms with Crippen LogP contribution in [0.15, 0.2) is 29.1 Å². The number of ketones is 1. The first-order valence-corrected chi connectivity index (χ1v) is 7.64. The van der Waals surface area contributed by atoms with E-state index in [0.717, 1.165) is 17.5 Å². The topological polar surface area (TPSA) is 79.0 Å². The molecule has 1 aliphatic rings. The molecule has 0 fully saturated rings. The summed E-state index contributed by atoms with van der Waals surface area (Å²) in [6.45, 7) is 3.86. The van der Waals surface area contributed by atoms with E-state index in [9.17, 15) is 14.4 Å². The van der Waals surface area contributed by atoms with Gasteiger partial charge in [0.1, 0.15) is 5.56 Å². The molecule has 0 aliphatic heterocycles. The summed E-state index contributed by atoms with van der Waals surface area (Å²) in [6, 6.07) is 7.02. The maximum absolute atomic E-state index is 12.4. The van der Waals surface area contributed by atoms with Crippen molar-refractivity contribution in [3.63, 3.8) is 0 Å². The SMILES string of the molecule is Cc1cccc(NC(=O)c2cc3c([nH]c2=O)CCCC3=O)c1C. The molecule has 2 aromatic rings. The number of aromatic nitrogens is 1. The molecule has 0 saturated heterocycles. The Morgan fingerprint density at radius 1 is 1.17 bits per heavy atom. The number of aryl methyl sites for hydroxylation is 2. The molecular formula is C18H18N2O3. The van der Waals surface area contributed by atoms with Gasteiger partial charge in [-0.2, -0.15) is 0 Å². The molecule has 23 heavy (non-hydrogen) atoms. The second kappa shape index (κ2) is 5.83. The highest BCUT2D eigenvalue weighted by molar-refractivity contribution is 6.07. The van der Waals surface area contributed by atoms with Crippen LogP contribution < -0.4 is 10.9 Å². The van der Waals surface area contributed by atoms with E-state index in [4.69, 9.17) is 0 Å². The van der Waals surface area contributed by atoms with Crippen LogP contribution in [0, 0.1) is 13.8 Å². The van der Waals surface area contributed by atoms with Gasteiger partial charge in [-0.05, 0) is 49.9 Å². The van der Waals surface area contributed by atoms with Gasteiger partial charge >= 0.3 is 0 Å². The van der Waals surface area contributed by atoms with Crippen molar-refractivity contribution in [2.24, 2.45) is 0 Å². The van der Waals surface area contributed by atoms with Crippen molar-refractivity contribution < 1.29 is 9.59 Å². The maximum atomic E-state index is 12.4. The Bertz CT molecular complexity index is 865. The third-order valence-corrected chi connectivity index (χ3v) is 4.35. The molecule has 1 aromatic heterocycles. The summed E-state index contributed by atoms with van der Waals surface area (Å²) in [5, 5.41) is 2.76. The molecule has 118 valence electrons. The molecule has 3 rings (SSSR count). The van der Waals surface area contributed by atoms with E-state index >= 15 is 0 Å². The van der Waals surface area contributed by atoms with Crippen LogP contribution in [-0.4, -0.2) is 16.7 Å². The normalized spacial score (nSPS) is 13.6. The van der Waals surface area contributed by atoms with Gasteiger partial charge in [0.15, 0.2) is 5.78 Å². The average Bonchev–Trinajstić information content (AvgIpc) is 2.51. The smallest absolute Gasteiger partial charge is 0.261 e. The Morgan fingerprint density at radius 3 is 2.74 bits per heavy atom. The lowest BCUT2D eigenvalue weighted by Gasteiger charge is -2.15. The number of benzene rings is 1. The summed E-state index contributed by atoms with van der Waals surface area (Å²) in [5.74, 6) is -0.524. The number of nitrogens with one attached hydrogen (secondary N) is 2. The largest absolute Gasteiger partial charge is 0.325 e. The van der Waals surface area contributed by atoms with Crippen molar-refractivity contribution in [2.75, 3.05) is 5.32 Å². The van der Waals surface area contributed by atoms with Crippen molar-refractivity contribution >= 4 is 17.4 Å². The molecule has 2 N–H and O–H groups in total. The highest BCUT2D eigenvalue weighted by Crippen LogP contribution is 2.21. The zero-order valence-electron chi connectivity index (χ0n) is 13.2. The number of anilines is 1. The molecule has 0 saturated carbocycles. The number of fused-ring (bicyclic) bond motifs is 1. The van der Waals surface area contributed by atoms with Gasteiger partial charge in [-0.15, -0.1) is 0 Å². The Kier molecular flexibility index (Phi) is 3.86. The van der Waals surface area contributed by atoms with Crippen LogP contribution in [0.2, 0.25) is 0 Å². The van der Waals surface area contributed by atoms with Crippen LogP contribution in [0.1, 0.15) is 50.4 Å². The quantitative estimate of drug-likeness (QED) is 0.895. The highest BCUT2D eigenvalue weighted by atomic mass is 16.2.